The number of phenolic OH excluding ortho intramolecular Hbond substituents is 1. The Bertz CT molecular complexity index is 1090. The van der Waals surface area contributed by atoms with Gasteiger partial charge in [-0.25, -0.2) is 4.63 Å². The zero-order valence-electron chi connectivity index (χ0n) is 18.3. The fourth-order valence-electron chi connectivity index (χ4n) is 3.08. The zero-order chi connectivity index (χ0) is 23.1. The molecule has 2 heterocycles. The minimum atomic E-state index is -1.46. The Hall–Kier alpha value is -3.08. The number of hydrogen-bond acceptors (Lipinski definition) is 10. The Morgan fingerprint density at radius 2 is 1.74 bits per heavy atom. The van der Waals surface area contributed by atoms with E-state index in [-0.39, 0.29) is 45.4 Å². The fraction of sp³-hybridized carbons (Fsp3) is 0.450. The second-order valence-corrected chi connectivity index (χ2v) is 10.3. The number of carbonyl (C=O) groups excluding carboxylic acids is 1. The minimum absolute atomic E-state index is 0.0456. The molecule has 0 radical (unpaired) electrons. The molecule has 2 aromatic heterocycles. The second kappa shape index (κ2) is 7.88. The highest BCUT2D eigenvalue weighted by Gasteiger charge is 2.27. The Balaban J connectivity index is 2.05. The van der Waals surface area contributed by atoms with Crippen molar-refractivity contribution < 1.29 is 19.6 Å². The third kappa shape index (κ3) is 4.50. The van der Waals surface area contributed by atoms with Gasteiger partial charge in [0.1, 0.15) is 11.4 Å². The molecule has 1 aromatic carbocycles. The maximum Gasteiger partial charge on any atom is 0.243 e. The largest absolute Gasteiger partial charge is 0.543 e. The van der Waals surface area contributed by atoms with Gasteiger partial charge in [0.15, 0.2) is 0 Å². The van der Waals surface area contributed by atoms with Crippen LogP contribution < -0.4 is 10.8 Å². The molecule has 31 heavy (non-hydrogen) atoms. The summed E-state index contributed by atoms with van der Waals surface area (Å²) in [7, 11) is 0. The van der Waals surface area contributed by atoms with Gasteiger partial charge in [0.25, 0.3) is 0 Å². The number of aromatic nitrogens is 5. The summed E-state index contributed by atoms with van der Waals surface area (Å²) in [5.74, 6) is -1.01. The Kier molecular flexibility index (Phi) is 5.74. The number of nitrogens with zero attached hydrogens (tertiary/aromatic N) is 5. The normalized spacial score (nSPS) is 12.3. The smallest absolute Gasteiger partial charge is 0.243 e. The first-order valence-electron chi connectivity index (χ1n) is 9.55. The number of carboxylic acid groups (broad SMARTS) is 1. The van der Waals surface area contributed by atoms with Gasteiger partial charge in [-0.05, 0) is 33.3 Å². The third-order valence-corrected chi connectivity index (χ3v) is 5.71. The van der Waals surface area contributed by atoms with Crippen molar-refractivity contribution in [3.05, 3.63) is 34.6 Å². The summed E-state index contributed by atoms with van der Waals surface area (Å²) >= 11 is 1.37. The van der Waals surface area contributed by atoms with Gasteiger partial charge in [-0.1, -0.05) is 46.8 Å². The number of carboxylic acids is 1. The lowest BCUT2D eigenvalue weighted by atomic mass is 9.79. The maximum absolute atomic E-state index is 11.6. The molecule has 0 atom stereocenters. The molecule has 11 heteroatoms. The lowest BCUT2D eigenvalue weighted by Crippen LogP contribution is -2.24. The van der Waals surface area contributed by atoms with E-state index >= 15 is 0 Å². The van der Waals surface area contributed by atoms with Crippen molar-refractivity contribution in [1.29, 1.82) is 0 Å². The molecular weight excluding hydrogens is 420 g/mol. The zero-order valence-corrected chi connectivity index (χ0v) is 19.1. The van der Waals surface area contributed by atoms with Crippen LogP contribution in [0.4, 0.5) is 5.82 Å². The molecule has 0 aliphatic carbocycles. The van der Waals surface area contributed by atoms with E-state index in [1.54, 1.807) is 0 Å². The molecule has 3 rings (SSSR count). The van der Waals surface area contributed by atoms with Crippen molar-refractivity contribution in [2.45, 2.75) is 63.0 Å². The maximum atomic E-state index is 11.6. The highest BCUT2D eigenvalue weighted by molar-refractivity contribution is 7.98. The van der Waals surface area contributed by atoms with E-state index in [9.17, 15) is 15.0 Å². The molecular formula is C20H25N6O4S-. The highest BCUT2D eigenvalue weighted by atomic mass is 32.2. The van der Waals surface area contributed by atoms with Gasteiger partial charge in [0, 0.05) is 21.8 Å². The predicted octanol–water partition coefficient (Wildman–Crippen LogP) is 2.19. The van der Waals surface area contributed by atoms with Crippen LogP contribution in [0.2, 0.25) is 0 Å². The summed E-state index contributed by atoms with van der Waals surface area (Å²) in [6.45, 7) is 12.1. The van der Waals surface area contributed by atoms with Crippen LogP contribution >= 0.6 is 11.8 Å². The van der Waals surface area contributed by atoms with Crippen molar-refractivity contribution in [2.75, 3.05) is 5.73 Å². The van der Waals surface area contributed by atoms with E-state index in [0.717, 1.165) is 16.0 Å². The summed E-state index contributed by atoms with van der Waals surface area (Å²) in [6, 6.07) is 3.82. The minimum Gasteiger partial charge on any atom is -0.543 e. The summed E-state index contributed by atoms with van der Waals surface area (Å²) in [5, 5.41) is 37.1. The molecule has 0 fully saturated rings. The van der Waals surface area contributed by atoms with Crippen molar-refractivity contribution in [2.24, 2.45) is 0 Å². The molecule has 166 valence electrons. The molecule has 0 bridgehead atoms. The SMILES string of the molecule is CC(C)(C)c1cc(SCc2c(C(=O)[O-])nnn2-c2nonc2N)cc(C(C)(C)C)c1O. The number of nitrogens with two attached hydrogens (primary N) is 1. The van der Waals surface area contributed by atoms with Crippen molar-refractivity contribution in [1.82, 2.24) is 25.3 Å². The molecule has 3 N–H and O–H groups in total. The first-order chi connectivity index (χ1) is 14.3. The summed E-state index contributed by atoms with van der Waals surface area (Å²) in [6.07, 6.45) is 0. The Morgan fingerprint density at radius 3 is 2.19 bits per heavy atom. The molecule has 0 amide bonds. The van der Waals surface area contributed by atoms with Crippen LogP contribution in [0.25, 0.3) is 5.82 Å². The van der Waals surface area contributed by atoms with E-state index in [1.807, 2.05) is 53.7 Å². The monoisotopic (exact) mass is 445 g/mol. The van der Waals surface area contributed by atoms with Crippen molar-refractivity contribution in [3.63, 3.8) is 0 Å². The number of aromatic hydroxyl groups is 1. The lowest BCUT2D eigenvalue weighted by molar-refractivity contribution is -0.255. The van der Waals surface area contributed by atoms with Gasteiger partial charge < -0.3 is 20.7 Å². The summed E-state index contributed by atoms with van der Waals surface area (Å²) in [5.41, 5.74) is 6.67. The van der Waals surface area contributed by atoms with Crippen molar-refractivity contribution in [3.8, 4) is 11.6 Å². The van der Waals surface area contributed by atoms with E-state index in [2.05, 4.69) is 25.3 Å². The number of carbonyl (C=O) groups is 1. The predicted molar refractivity (Wildman–Crippen MR) is 113 cm³/mol. The van der Waals surface area contributed by atoms with Crippen LogP contribution in [0.3, 0.4) is 0 Å². The molecule has 0 aliphatic rings. The van der Waals surface area contributed by atoms with Crippen molar-refractivity contribution >= 4 is 23.5 Å². The first kappa shape index (κ1) is 22.6. The number of thioether (sulfide) groups is 1. The van der Waals surface area contributed by atoms with E-state index in [1.165, 1.54) is 16.4 Å². The number of hydrogen-bond donors (Lipinski definition) is 2. The molecule has 0 unspecified atom stereocenters. The van der Waals surface area contributed by atoms with Gasteiger partial charge in [-0.15, -0.1) is 16.9 Å². The molecule has 10 nitrogen and oxygen atoms in total. The number of aromatic carboxylic acids is 1. The number of anilines is 1. The fourth-order valence-corrected chi connectivity index (χ4v) is 4.05. The molecule has 3 aromatic rings. The highest BCUT2D eigenvalue weighted by Crippen LogP contribution is 2.42. The quantitative estimate of drug-likeness (QED) is 0.558. The topological polar surface area (TPSA) is 156 Å². The van der Waals surface area contributed by atoms with Gasteiger partial charge in [0.2, 0.25) is 11.6 Å². The average molecular weight is 446 g/mol. The van der Waals surface area contributed by atoms with Crippen LogP contribution in [-0.4, -0.2) is 36.4 Å². The number of benzene rings is 1. The molecule has 0 saturated heterocycles. The Morgan fingerprint density at radius 1 is 1.16 bits per heavy atom. The molecule has 0 spiro atoms. The van der Waals surface area contributed by atoms with Gasteiger partial charge in [-0.3, -0.25) is 0 Å². The van der Waals surface area contributed by atoms with Crippen LogP contribution in [0.5, 0.6) is 5.75 Å². The molecule has 0 aliphatic heterocycles. The number of nitrogen functional groups attached to an aromatic ring is 1. The summed E-state index contributed by atoms with van der Waals surface area (Å²) < 4.78 is 5.78. The van der Waals surface area contributed by atoms with Gasteiger partial charge in [0.05, 0.1) is 11.7 Å². The van der Waals surface area contributed by atoms with Gasteiger partial charge in [-0.2, -0.15) is 4.68 Å². The number of phenols is 1. The first-order valence-corrected chi connectivity index (χ1v) is 10.5. The standard InChI is InChI=1S/C20H26N6O4S/c1-19(2,3)11-7-10(8-12(15(11)27)20(4,5)6)31-9-13-14(18(28)29)22-25-26(13)17-16(21)23-30-24-17/h7-8,27H,9H2,1-6H3,(H2,21,23)(H,28,29)/p-1. The van der Waals surface area contributed by atoms with E-state index in [4.69, 9.17) is 5.73 Å². The lowest BCUT2D eigenvalue weighted by Gasteiger charge is -2.28. The van der Waals surface area contributed by atoms with E-state index in [0.29, 0.717) is 0 Å². The van der Waals surface area contributed by atoms with Crippen LogP contribution in [-0.2, 0) is 16.6 Å². The van der Waals surface area contributed by atoms with Crippen LogP contribution in [0.15, 0.2) is 21.7 Å². The second-order valence-electron chi connectivity index (χ2n) is 9.21. The van der Waals surface area contributed by atoms with Gasteiger partial charge >= 0.3 is 0 Å². The average Bonchev–Trinajstić information content (AvgIpc) is 3.24. The molecule has 0 saturated carbocycles. The van der Waals surface area contributed by atoms with E-state index < -0.39 is 5.97 Å². The van der Waals surface area contributed by atoms with Crippen LogP contribution in [0, 0.1) is 0 Å². The Labute approximate surface area is 183 Å². The summed E-state index contributed by atoms with van der Waals surface area (Å²) in [4.78, 5) is 12.4. The number of rotatable bonds is 5. The third-order valence-electron chi connectivity index (χ3n) is 4.73. The van der Waals surface area contributed by atoms with Crippen LogP contribution in [0.1, 0.15) is 68.9 Å².